The Morgan fingerprint density at radius 3 is 2.37 bits per heavy atom. The van der Waals surface area contributed by atoms with Gasteiger partial charge in [-0.05, 0) is 52.7 Å². The van der Waals surface area contributed by atoms with Gasteiger partial charge in [-0.1, -0.05) is 0 Å². The van der Waals surface area contributed by atoms with Crippen LogP contribution in [0.2, 0.25) is 0 Å². The van der Waals surface area contributed by atoms with Crippen LogP contribution in [0, 0.1) is 27.7 Å². The van der Waals surface area contributed by atoms with Crippen LogP contribution in [0.3, 0.4) is 0 Å². The summed E-state index contributed by atoms with van der Waals surface area (Å²) in [6.45, 7) is 10.4. The Balaban J connectivity index is 1.92. The highest BCUT2D eigenvalue weighted by Gasteiger charge is 2.24. The number of hydrogen-bond acceptors (Lipinski definition) is 6. The summed E-state index contributed by atoms with van der Waals surface area (Å²) in [5.74, 6) is -0.431. The maximum Gasteiger partial charge on any atom is 0.355 e. The minimum Gasteiger partial charge on any atom is -0.450 e. The van der Waals surface area contributed by atoms with Crippen molar-refractivity contribution in [2.45, 2.75) is 47.6 Å². The third-order valence-corrected chi connectivity index (χ3v) is 5.82. The van der Waals surface area contributed by atoms with Gasteiger partial charge in [-0.3, -0.25) is 9.59 Å². The normalized spacial score (nSPS) is 12.4. The number of nitrogens with one attached hydrogen (secondary N) is 2. The van der Waals surface area contributed by atoms with Crippen molar-refractivity contribution in [3.05, 3.63) is 49.1 Å². The number of rotatable bonds is 4. The second-order valence-electron chi connectivity index (χ2n) is 6.64. The van der Waals surface area contributed by atoms with Crippen molar-refractivity contribution >= 4 is 33.3 Å². The number of hydrogen-bond donors (Lipinski definition) is 2. The quantitative estimate of drug-likeness (QED) is 0.525. The van der Waals surface area contributed by atoms with Crippen molar-refractivity contribution in [2.24, 2.45) is 0 Å². The molecular formula is C19H21N3O4S. The van der Waals surface area contributed by atoms with E-state index in [1.807, 2.05) is 13.8 Å². The van der Waals surface area contributed by atoms with Gasteiger partial charge in [-0.15, -0.1) is 11.3 Å². The Bertz CT molecular complexity index is 1140. The summed E-state index contributed by atoms with van der Waals surface area (Å²) >= 11 is 1.44. The Morgan fingerprint density at radius 1 is 1.11 bits per heavy atom. The molecule has 0 saturated carbocycles. The largest absolute Gasteiger partial charge is 0.450 e. The topological polar surface area (TPSA) is 105 Å². The van der Waals surface area contributed by atoms with Crippen LogP contribution in [0.25, 0.3) is 10.2 Å². The van der Waals surface area contributed by atoms with Crippen LogP contribution in [-0.2, 0) is 4.74 Å². The van der Waals surface area contributed by atoms with Gasteiger partial charge in [0.25, 0.3) is 5.56 Å². The fraction of sp³-hybridized carbons (Fsp3) is 0.368. The van der Waals surface area contributed by atoms with E-state index in [1.54, 1.807) is 20.8 Å². The van der Waals surface area contributed by atoms with E-state index in [0.717, 1.165) is 10.4 Å². The number of ether oxygens (including phenoxy) is 1. The highest BCUT2D eigenvalue weighted by atomic mass is 32.1. The number of H-pyrrole nitrogens is 2. The molecule has 0 bridgehead atoms. The maximum atomic E-state index is 12.6. The van der Waals surface area contributed by atoms with E-state index in [1.165, 1.54) is 18.3 Å². The summed E-state index contributed by atoms with van der Waals surface area (Å²) in [5, 5.41) is 0.571. The Kier molecular flexibility index (Phi) is 4.77. The molecule has 0 aliphatic rings. The van der Waals surface area contributed by atoms with Gasteiger partial charge in [-0.25, -0.2) is 9.78 Å². The van der Waals surface area contributed by atoms with Gasteiger partial charge in [0, 0.05) is 16.1 Å². The van der Waals surface area contributed by atoms with E-state index in [9.17, 15) is 14.4 Å². The first kappa shape index (κ1) is 19.0. The van der Waals surface area contributed by atoms with E-state index >= 15 is 0 Å². The van der Waals surface area contributed by atoms with E-state index < -0.39 is 12.1 Å². The van der Waals surface area contributed by atoms with Crippen molar-refractivity contribution in [3.63, 3.8) is 0 Å². The zero-order chi connectivity index (χ0) is 20.0. The first-order chi connectivity index (χ1) is 12.6. The molecule has 0 amide bonds. The van der Waals surface area contributed by atoms with Crippen LogP contribution in [0.4, 0.5) is 0 Å². The van der Waals surface area contributed by atoms with Crippen molar-refractivity contribution in [1.82, 2.24) is 15.0 Å². The predicted octanol–water partition coefficient (Wildman–Crippen LogP) is 3.67. The first-order valence-corrected chi connectivity index (χ1v) is 9.34. The second kappa shape index (κ2) is 6.77. The monoisotopic (exact) mass is 387 g/mol. The van der Waals surface area contributed by atoms with E-state index in [0.29, 0.717) is 27.0 Å². The number of aromatic amines is 2. The number of esters is 1. The summed E-state index contributed by atoms with van der Waals surface area (Å²) in [7, 11) is 0. The number of thiophene rings is 1. The van der Waals surface area contributed by atoms with Crippen LogP contribution in [-0.4, -0.2) is 26.7 Å². The van der Waals surface area contributed by atoms with Gasteiger partial charge in [-0.2, -0.15) is 0 Å². The number of nitrogens with zero attached hydrogens (tertiary/aromatic N) is 1. The molecule has 3 rings (SSSR count). The van der Waals surface area contributed by atoms with Crippen LogP contribution >= 0.6 is 11.3 Å². The molecule has 0 fully saturated rings. The van der Waals surface area contributed by atoms with Gasteiger partial charge >= 0.3 is 5.97 Å². The van der Waals surface area contributed by atoms with Crippen LogP contribution in [0.5, 0.6) is 0 Å². The lowest BCUT2D eigenvalue weighted by Crippen LogP contribution is -2.17. The maximum absolute atomic E-state index is 12.6. The molecule has 3 aromatic heterocycles. The molecule has 0 aliphatic carbocycles. The fourth-order valence-corrected chi connectivity index (χ4v) is 4.26. The smallest absolute Gasteiger partial charge is 0.355 e. The van der Waals surface area contributed by atoms with Gasteiger partial charge in [0.2, 0.25) is 0 Å². The molecule has 0 unspecified atom stereocenters. The molecule has 142 valence electrons. The Labute approximate surface area is 159 Å². The Hall–Kier alpha value is -2.74. The highest BCUT2D eigenvalue weighted by molar-refractivity contribution is 7.18. The molecule has 3 aromatic rings. The summed E-state index contributed by atoms with van der Waals surface area (Å²) in [6, 6.07) is 0. The first-order valence-electron chi connectivity index (χ1n) is 8.52. The molecule has 0 spiro atoms. The van der Waals surface area contributed by atoms with Crippen LogP contribution < -0.4 is 5.56 Å². The lowest BCUT2D eigenvalue weighted by molar-refractivity contribution is 0.0313. The molecule has 7 nitrogen and oxygen atoms in total. The van der Waals surface area contributed by atoms with Crippen molar-refractivity contribution in [2.75, 3.05) is 0 Å². The van der Waals surface area contributed by atoms with E-state index in [-0.39, 0.29) is 22.9 Å². The molecule has 0 saturated heterocycles. The van der Waals surface area contributed by atoms with Crippen molar-refractivity contribution in [1.29, 1.82) is 0 Å². The highest BCUT2D eigenvalue weighted by Crippen LogP contribution is 2.27. The van der Waals surface area contributed by atoms with Crippen molar-refractivity contribution < 1.29 is 14.3 Å². The molecule has 1 atom stereocenters. The van der Waals surface area contributed by atoms with Gasteiger partial charge < -0.3 is 14.7 Å². The van der Waals surface area contributed by atoms with E-state index in [2.05, 4.69) is 15.0 Å². The standard InChI is InChI=1S/C19H21N3O4S/c1-7-12(6)27-18-14(7)17(24)21-16(22-18)11(5)26-19(25)15-8(2)13(10(4)23)9(3)20-15/h11,20H,1-6H3,(H,21,22,24)/t11-/m0/s1. The molecule has 27 heavy (non-hydrogen) atoms. The lowest BCUT2D eigenvalue weighted by Gasteiger charge is -2.12. The van der Waals surface area contributed by atoms with Crippen LogP contribution in [0.15, 0.2) is 4.79 Å². The molecule has 8 heteroatoms. The number of aromatic nitrogens is 3. The zero-order valence-corrected chi connectivity index (χ0v) is 16.9. The number of Topliss-reactive ketones (excluding diaryl/α,β-unsaturated/α-hetero) is 1. The summed E-state index contributed by atoms with van der Waals surface area (Å²) < 4.78 is 5.48. The number of aryl methyl sites for hydroxylation is 3. The Morgan fingerprint density at radius 2 is 1.78 bits per heavy atom. The van der Waals surface area contributed by atoms with Gasteiger partial charge in [0.1, 0.15) is 10.5 Å². The third kappa shape index (κ3) is 3.21. The second-order valence-corrected chi connectivity index (χ2v) is 7.85. The van der Waals surface area contributed by atoms with E-state index in [4.69, 9.17) is 4.74 Å². The number of ketones is 1. The number of carbonyl (C=O) groups excluding carboxylic acids is 2. The summed E-state index contributed by atoms with van der Waals surface area (Å²) in [6.07, 6.45) is -0.749. The average Bonchev–Trinajstić information content (AvgIpc) is 3.03. The zero-order valence-electron chi connectivity index (χ0n) is 16.1. The average molecular weight is 387 g/mol. The molecule has 0 aliphatic heterocycles. The summed E-state index contributed by atoms with van der Waals surface area (Å²) in [4.78, 5) is 48.4. The number of fused-ring (bicyclic) bond motifs is 1. The summed E-state index contributed by atoms with van der Waals surface area (Å²) in [5.41, 5.74) is 2.57. The lowest BCUT2D eigenvalue weighted by atomic mass is 10.1. The van der Waals surface area contributed by atoms with Crippen molar-refractivity contribution in [3.8, 4) is 0 Å². The molecule has 2 N–H and O–H groups in total. The third-order valence-electron chi connectivity index (χ3n) is 4.72. The fourth-order valence-electron chi connectivity index (χ4n) is 3.22. The minimum atomic E-state index is -0.749. The SMILES string of the molecule is CC(=O)c1c(C)[nH]c(C(=O)O[C@@H](C)c2nc3sc(C)c(C)c3c(=O)[nH]2)c1C. The van der Waals surface area contributed by atoms with Gasteiger partial charge in [0.05, 0.1) is 5.39 Å². The minimum absolute atomic E-state index is 0.117. The molecular weight excluding hydrogens is 366 g/mol. The molecule has 0 radical (unpaired) electrons. The predicted molar refractivity (Wildman–Crippen MR) is 104 cm³/mol. The molecule has 0 aromatic carbocycles. The van der Waals surface area contributed by atoms with Crippen LogP contribution in [0.1, 0.15) is 68.3 Å². The number of carbonyl (C=O) groups is 2. The molecule has 3 heterocycles. The van der Waals surface area contributed by atoms with Gasteiger partial charge in [0.15, 0.2) is 17.7 Å².